The Kier molecular flexibility index (Phi) is 8.42. The fourth-order valence-electron chi connectivity index (χ4n) is 6.46. The highest BCUT2D eigenvalue weighted by atomic mass is 32.2. The molecule has 0 aliphatic carbocycles. The number of fused-ring (bicyclic) bond motifs is 9. The molecule has 48 heavy (non-hydrogen) atoms. The van der Waals surface area contributed by atoms with E-state index >= 15 is 0 Å². The second-order valence-electron chi connectivity index (χ2n) is 12.2. The van der Waals surface area contributed by atoms with E-state index in [1.165, 1.54) is 75.2 Å². The van der Waals surface area contributed by atoms with Gasteiger partial charge in [-0.2, -0.15) is 0 Å². The van der Waals surface area contributed by atoms with Gasteiger partial charge in [0.1, 0.15) is 0 Å². The normalized spacial score (nSPS) is 12.4. The van der Waals surface area contributed by atoms with Crippen molar-refractivity contribution in [2.24, 2.45) is 5.41 Å². The number of aliphatic hydroxyl groups excluding tert-OH is 1. The zero-order chi connectivity index (χ0) is 32.1. The Balaban J connectivity index is 1.07. The zero-order valence-electron chi connectivity index (χ0n) is 25.8. The molecule has 0 radical (unpaired) electrons. The van der Waals surface area contributed by atoms with Crippen LogP contribution in [0.4, 0.5) is 0 Å². The van der Waals surface area contributed by atoms with Crippen molar-refractivity contribution in [2.45, 2.75) is 14.7 Å². The second-order valence-corrected chi connectivity index (χ2v) is 18.4. The average Bonchev–Trinajstić information content (AvgIpc) is 3.84. The Bertz CT molecular complexity index is 2310. The van der Waals surface area contributed by atoms with E-state index in [-0.39, 0.29) is 12.0 Å². The first-order chi connectivity index (χ1) is 23.7. The highest BCUT2D eigenvalue weighted by molar-refractivity contribution is 8.01. The molecule has 0 spiro atoms. The Morgan fingerprint density at radius 2 is 0.708 bits per heavy atom. The number of hydrogen-bond donors (Lipinski definition) is 1. The van der Waals surface area contributed by atoms with Crippen molar-refractivity contribution >= 4 is 130 Å². The molecule has 3 aromatic heterocycles. The van der Waals surface area contributed by atoms with E-state index in [1.54, 1.807) is 0 Å². The molecule has 0 saturated carbocycles. The van der Waals surface area contributed by atoms with Gasteiger partial charge in [0.25, 0.3) is 0 Å². The molecule has 9 rings (SSSR count). The minimum Gasteiger partial charge on any atom is -0.396 e. The van der Waals surface area contributed by atoms with Crippen LogP contribution in [0.3, 0.4) is 0 Å². The Morgan fingerprint density at radius 1 is 0.396 bits per heavy atom. The van der Waals surface area contributed by atoms with Gasteiger partial charge in [-0.15, -0.1) is 69.3 Å². The van der Waals surface area contributed by atoms with Gasteiger partial charge >= 0.3 is 0 Å². The van der Waals surface area contributed by atoms with Crippen LogP contribution in [0.15, 0.2) is 142 Å². The highest BCUT2D eigenvalue weighted by Gasteiger charge is 2.32. The molecule has 6 aromatic carbocycles. The van der Waals surface area contributed by atoms with Crippen LogP contribution < -0.4 is 0 Å². The van der Waals surface area contributed by atoms with E-state index in [4.69, 9.17) is 0 Å². The van der Waals surface area contributed by atoms with Crippen LogP contribution in [0.25, 0.3) is 60.5 Å². The van der Waals surface area contributed by atoms with Gasteiger partial charge in [0.05, 0.1) is 6.61 Å². The van der Waals surface area contributed by atoms with Crippen molar-refractivity contribution in [3.8, 4) is 0 Å². The molecule has 3 heterocycles. The number of rotatable bonds is 10. The predicted molar refractivity (Wildman–Crippen MR) is 220 cm³/mol. The van der Waals surface area contributed by atoms with Crippen LogP contribution in [0.1, 0.15) is 0 Å². The maximum absolute atomic E-state index is 11.4. The molecule has 7 heteroatoms. The van der Waals surface area contributed by atoms with E-state index in [2.05, 4.69) is 127 Å². The summed E-state index contributed by atoms with van der Waals surface area (Å²) >= 11 is 11.4. The lowest BCUT2D eigenvalue weighted by Gasteiger charge is -2.31. The minimum absolute atomic E-state index is 0.132. The smallest absolute Gasteiger partial charge is 0.0511 e. The average molecular weight is 731 g/mol. The van der Waals surface area contributed by atoms with Crippen LogP contribution in [0, 0.1) is 5.41 Å². The maximum atomic E-state index is 11.4. The molecule has 0 aliphatic rings. The van der Waals surface area contributed by atoms with Crippen molar-refractivity contribution in [3.05, 3.63) is 127 Å². The lowest BCUT2D eigenvalue weighted by Crippen LogP contribution is -2.34. The summed E-state index contributed by atoms with van der Waals surface area (Å²) in [5, 5.41) is 19.3. The van der Waals surface area contributed by atoms with Gasteiger partial charge in [-0.1, -0.05) is 91.0 Å². The summed E-state index contributed by atoms with van der Waals surface area (Å²) in [6, 6.07) is 46.3. The maximum Gasteiger partial charge on any atom is 0.0511 e. The first-order valence-electron chi connectivity index (χ1n) is 15.9. The van der Waals surface area contributed by atoms with Gasteiger partial charge in [-0.3, -0.25) is 0 Å². The van der Waals surface area contributed by atoms with E-state index in [0.29, 0.717) is 0 Å². The monoisotopic (exact) mass is 730 g/mol. The van der Waals surface area contributed by atoms with Crippen molar-refractivity contribution in [1.29, 1.82) is 0 Å². The largest absolute Gasteiger partial charge is 0.396 e. The summed E-state index contributed by atoms with van der Waals surface area (Å²) in [6.07, 6.45) is 0. The fourth-order valence-corrected chi connectivity index (χ4v) is 14.6. The Labute approximate surface area is 304 Å². The number of hydrogen-bond acceptors (Lipinski definition) is 7. The summed E-state index contributed by atoms with van der Waals surface area (Å²) in [4.78, 5) is 3.92. The predicted octanol–water partition coefficient (Wildman–Crippen LogP) is 13.4. The third-order valence-electron chi connectivity index (χ3n) is 9.04. The SMILES string of the molecule is OCC(CSc1cccc2c1sc1ccccc12)(CSc1cccc2c1sc1ccccc12)CSc1cccc2c1sc1ccccc12. The zero-order valence-corrected chi connectivity index (χ0v) is 30.7. The molecule has 0 bridgehead atoms. The third kappa shape index (κ3) is 5.54. The van der Waals surface area contributed by atoms with E-state index in [0.717, 1.165) is 17.3 Å². The minimum atomic E-state index is -0.309. The summed E-state index contributed by atoms with van der Waals surface area (Å²) < 4.78 is 8.02. The standard InChI is InChI=1S/C41H30OS6/c42-22-41(23-43-35-19-7-13-29-26-10-1-4-16-32(26)46-38(29)35,24-44-36-20-8-14-30-27-11-2-5-17-33(27)47-39(30)36)25-45-37-21-9-15-31-28-12-3-6-18-34(28)48-40(31)37/h1-21,42H,22-25H2. The van der Waals surface area contributed by atoms with Crippen LogP contribution in [0.5, 0.6) is 0 Å². The van der Waals surface area contributed by atoms with Gasteiger partial charge < -0.3 is 5.11 Å². The summed E-state index contributed by atoms with van der Waals surface area (Å²) in [5.41, 5.74) is -0.309. The molecule has 1 N–H and O–H groups in total. The van der Waals surface area contributed by atoms with Gasteiger partial charge in [-0.05, 0) is 36.4 Å². The third-order valence-corrected chi connectivity index (χ3v) is 17.3. The molecule has 0 unspecified atom stereocenters. The number of thioether (sulfide) groups is 3. The molecule has 0 fully saturated rings. The molecule has 9 aromatic rings. The highest BCUT2D eigenvalue weighted by Crippen LogP contribution is 2.47. The molecular formula is C41H30OS6. The Hall–Kier alpha value is -3.01. The Morgan fingerprint density at radius 3 is 1.04 bits per heavy atom. The fraction of sp³-hybridized carbons (Fsp3) is 0.122. The first-order valence-corrected chi connectivity index (χ1v) is 21.3. The van der Waals surface area contributed by atoms with Crippen LogP contribution in [-0.4, -0.2) is 29.0 Å². The molecule has 0 saturated heterocycles. The lowest BCUT2D eigenvalue weighted by atomic mass is 9.97. The van der Waals surface area contributed by atoms with Crippen molar-refractivity contribution in [2.75, 3.05) is 23.9 Å². The number of thiophene rings is 3. The molecule has 0 atom stereocenters. The van der Waals surface area contributed by atoms with E-state index in [1.807, 2.05) is 69.3 Å². The van der Waals surface area contributed by atoms with Crippen molar-refractivity contribution < 1.29 is 5.11 Å². The lowest BCUT2D eigenvalue weighted by molar-refractivity contribution is 0.188. The van der Waals surface area contributed by atoms with E-state index < -0.39 is 0 Å². The second kappa shape index (κ2) is 13.0. The summed E-state index contributed by atoms with van der Waals surface area (Å²) in [5.74, 6) is 2.50. The van der Waals surface area contributed by atoms with Crippen LogP contribution in [-0.2, 0) is 0 Å². The van der Waals surface area contributed by atoms with Gasteiger partial charge in [0.15, 0.2) is 0 Å². The van der Waals surface area contributed by atoms with Crippen LogP contribution in [0.2, 0.25) is 0 Å². The molecule has 0 aliphatic heterocycles. The number of aliphatic hydroxyl groups is 1. The first kappa shape index (κ1) is 31.0. The number of benzene rings is 6. The topological polar surface area (TPSA) is 20.2 Å². The molecule has 0 amide bonds. The van der Waals surface area contributed by atoms with Crippen LogP contribution >= 0.6 is 69.3 Å². The van der Waals surface area contributed by atoms with Gasteiger partial charge in [-0.25, -0.2) is 0 Å². The van der Waals surface area contributed by atoms with Crippen molar-refractivity contribution in [3.63, 3.8) is 0 Å². The summed E-state index contributed by atoms with van der Waals surface area (Å²) in [7, 11) is 0. The molecule has 1 nitrogen and oxygen atoms in total. The van der Waals surface area contributed by atoms with Gasteiger partial charge in [0.2, 0.25) is 0 Å². The molecular weight excluding hydrogens is 701 g/mol. The van der Waals surface area contributed by atoms with Crippen molar-refractivity contribution in [1.82, 2.24) is 0 Å². The van der Waals surface area contributed by atoms with E-state index in [9.17, 15) is 5.11 Å². The summed E-state index contributed by atoms with van der Waals surface area (Å²) in [6.45, 7) is 0.132. The van der Waals surface area contributed by atoms with Gasteiger partial charge in [0, 0.05) is 97.9 Å². The molecule has 236 valence electrons. The quantitative estimate of drug-likeness (QED) is 0.141.